The second-order valence-electron chi connectivity index (χ2n) is 4.25. The fourth-order valence-corrected chi connectivity index (χ4v) is 4.62. The second kappa shape index (κ2) is 6.36. The largest absolute Gasteiger partial charge is 0.262 e. The van der Waals surface area contributed by atoms with E-state index in [0.29, 0.717) is 16.9 Å². The highest BCUT2D eigenvalue weighted by Gasteiger charge is 2.19. The third kappa shape index (κ3) is 3.94. The average molecular weight is 351 g/mol. The quantitative estimate of drug-likeness (QED) is 0.904. The first-order valence-electron chi connectivity index (χ1n) is 5.76. The summed E-state index contributed by atoms with van der Waals surface area (Å²) in [4.78, 5) is 4.09. The Hall–Kier alpha value is -0.110. The predicted octanol–water partition coefficient (Wildman–Crippen LogP) is 2.27. The minimum absolute atomic E-state index is 0.210. The molecule has 0 saturated carbocycles. The number of rotatable bonds is 4. The average Bonchev–Trinajstić information content (AvgIpc) is 2.38. The summed E-state index contributed by atoms with van der Waals surface area (Å²) in [5, 5.41) is 0. The predicted molar refractivity (Wildman–Crippen MR) is 77.2 cm³/mol. The minimum Gasteiger partial charge on any atom is -0.262 e. The van der Waals surface area contributed by atoms with Gasteiger partial charge < -0.3 is 0 Å². The van der Waals surface area contributed by atoms with E-state index in [4.69, 9.17) is 0 Å². The van der Waals surface area contributed by atoms with E-state index in [1.54, 1.807) is 12.3 Å². The van der Waals surface area contributed by atoms with Gasteiger partial charge in [0.25, 0.3) is 0 Å². The summed E-state index contributed by atoms with van der Waals surface area (Å²) in [6.45, 7) is 0.523. The van der Waals surface area contributed by atoms with E-state index in [1.807, 2.05) is 11.8 Å². The molecule has 4 nitrogen and oxygen atoms in total. The van der Waals surface area contributed by atoms with Crippen molar-refractivity contribution in [1.82, 2.24) is 9.71 Å². The number of nitrogens with one attached hydrogen (secondary N) is 1. The molecule has 2 heterocycles. The van der Waals surface area contributed by atoms with Crippen LogP contribution < -0.4 is 4.72 Å². The number of nitrogens with zero attached hydrogens (tertiary/aromatic N) is 1. The van der Waals surface area contributed by atoms with E-state index in [0.717, 1.165) is 24.3 Å². The number of halogens is 1. The molecule has 7 heteroatoms. The molecule has 0 aromatic carbocycles. The van der Waals surface area contributed by atoms with Crippen molar-refractivity contribution in [1.29, 1.82) is 0 Å². The molecular weight excluding hydrogens is 336 g/mol. The van der Waals surface area contributed by atoms with Gasteiger partial charge in [0.1, 0.15) is 4.90 Å². The lowest BCUT2D eigenvalue weighted by molar-refractivity contribution is 0.476. The Bertz CT molecular complexity index is 502. The first kappa shape index (κ1) is 14.3. The molecule has 1 aliphatic heterocycles. The van der Waals surface area contributed by atoms with Gasteiger partial charge in [-0.15, -0.1) is 0 Å². The van der Waals surface area contributed by atoms with Gasteiger partial charge in [-0.25, -0.2) is 13.1 Å². The molecule has 0 bridgehead atoms. The van der Waals surface area contributed by atoms with E-state index in [-0.39, 0.29) is 4.90 Å². The number of sulfonamides is 1. The lowest BCUT2D eigenvalue weighted by Gasteiger charge is -2.21. The normalized spacial score (nSPS) is 17.8. The summed E-state index contributed by atoms with van der Waals surface area (Å²) in [5.41, 5.74) is 0. The van der Waals surface area contributed by atoms with Crippen LogP contribution in [0.3, 0.4) is 0 Å². The molecule has 1 N–H and O–H groups in total. The molecule has 0 spiro atoms. The Balaban J connectivity index is 1.98. The Labute approximate surface area is 120 Å². The zero-order chi connectivity index (χ0) is 13.0. The number of pyridine rings is 1. The molecule has 2 rings (SSSR count). The van der Waals surface area contributed by atoms with Crippen LogP contribution in [0.5, 0.6) is 0 Å². The molecule has 0 unspecified atom stereocenters. The van der Waals surface area contributed by atoms with Crippen molar-refractivity contribution in [2.75, 3.05) is 18.1 Å². The molecule has 0 radical (unpaired) electrons. The maximum Gasteiger partial charge on any atom is 0.242 e. The highest BCUT2D eigenvalue weighted by atomic mass is 79.9. The van der Waals surface area contributed by atoms with Gasteiger partial charge in [-0.1, -0.05) is 0 Å². The van der Waals surface area contributed by atoms with E-state index in [2.05, 4.69) is 25.6 Å². The maximum atomic E-state index is 12.0. The molecule has 0 aliphatic carbocycles. The molecular formula is C11H15BrN2O2S2. The molecule has 18 heavy (non-hydrogen) atoms. The Morgan fingerprint density at radius 2 is 2.11 bits per heavy atom. The van der Waals surface area contributed by atoms with E-state index >= 15 is 0 Å². The number of hydrogen-bond acceptors (Lipinski definition) is 4. The lowest BCUT2D eigenvalue weighted by atomic mass is 10.0. The van der Waals surface area contributed by atoms with E-state index in [9.17, 15) is 8.42 Å². The number of aromatic nitrogens is 1. The van der Waals surface area contributed by atoms with Gasteiger partial charge in [0.05, 0.1) is 0 Å². The van der Waals surface area contributed by atoms with Crippen molar-refractivity contribution in [3.8, 4) is 0 Å². The molecule has 100 valence electrons. The second-order valence-corrected chi connectivity index (χ2v) is 8.15. The highest BCUT2D eigenvalue weighted by Crippen LogP contribution is 2.22. The van der Waals surface area contributed by atoms with Gasteiger partial charge in [-0.3, -0.25) is 4.98 Å². The monoisotopic (exact) mass is 350 g/mol. The summed E-state index contributed by atoms with van der Waals surface area (Å²) >= 11 is 5.16. The first-order valence-corrected chi connectivity index (χ1v) is 9.19. The fraction of sp³-hybridized carbons (Fsp3) is 0.545. The number of thioether (sulfide) groups is 1. The number of hydrogen-bond donors (Lipinski definition) is 1. The van der Waals surface area contributed by atoms with Crippen LogP contribution in [-0.2, 0) is 10.0 Å². The fourth-order valence-electron chi connectivity index (χ4n) is 1.80. The van der Waals surface area contributed by atoms with Crippen LogP contribution in [0.1, 0.15) is 12.8 Å². The molecule has 0 atom stereocenters. The van der Waals surface area contributed by atoms with Crippen molar-refractivity contribution >= 4 is 37.7 Å². The van der Waals surface area contributed by atoms with Crippen molar-refractivity contribution in [3.63, 3.8) is 0 Å². The van der Waals surface area contributed by atoms with Gasteiger partial charge in [0.15, 0.2) is 0 Å². The summed E-state index contributed by atoms with van der Waals surface area (Å²) in [7, 11) is -3.43. The summed E-state index contributed by atoms with van der Waals surface area (Å²) in [6.07, 6.45) is 5.11. The summed E-state index contributed by atoms with van der Waals surface area (Å²) in [5.74, 6) is 2.72. The summed E-state index contributed by atoms with van der Waals surface area (Å²) < 4.78 is 27.4. The standard InChI is InChI=1S/C11H15BrN2O2S2/c12-10-5-11(8-13-7-10)18(15,16)14-6-9-1-3-17-4-2-9/h5,7-9,14H,1-4,6H2. The van der Waals surface area contributed by atoms with Gasteiger partial charge in [-0.2, -0.15) is 11.8 Å². The topological polar surface area (TPSA) is 59.1 Å². The summed E-state index contributed by atoms with van der Waals surface area (Å²) in [6, 6.07) is 1.56. The molecule has 1 aliphatic rings. The van der Waals surface area contributed by atoms with Crippen molar-refractivity contribution in [2.45, 2.75) is 17.7 Å². The van der Waals surface area contributed by atoms with Crippen molar-refractivity contribution in [2.24, 2.45) is 5.92 Å². The van der Waals surface area contributed by atoms with Crippen LogP contribution in [0.2, 0.25) is 0 Å². The van der Waals surface area contributed by atoms with Gasteiger partial charge >= 0.3 is 0 Å². The van der Waals surface area contributed by atoms with Crippen LogP contribution in [-0.4, -0.2) is 31.5 Å². The van der Waals surface area contributed by atoms with Crippen LogP contribution in [0, 0.1) is 5.92 Å². The van der Waals surface area contributed by atoms with Gasteiger partial charge in [0.2, 0.25) is 10.0 Å². The zero-order valence-electron chi connectivity index (χ0n) is 9.80. The van der Waals surface area contributed by atoms with Crippen LogP contribution in [0.4, 0.5) is 0 Å². The first-order chi connectivity index (χ1) is 8.58. The van der Waals surface area contributed by atoms with Gasteiger partial charge in [0, 0.05) is 23.4 Å². The van der Waals surface area contributed by atoms with Crippen LogP contribution >= 0.6 is 27.7 Å². The third-order valence-corrected chi connectivity index (χ3v) is 5.77. The smallest absolute Gasteiger partial charge is 0.242 e. The molecule has 1 fully saturated rings. The van der Waals surface area contributed by atoms with Crippen molar-refractivity contribution < 1.29 is 8.42 Å². The van der Waals surface area contributed by atoms with Gasteiger partial charge in [-0.05, 0) is 52.3 Å². The Kier molecular flexibility index (Phi) is 5.06. The lowest BCUT2D eigenvalue weighted by Crippen LogP contribution is -2.31. The SMILES string of the molecule is O=S(=O)(NCC1CCSCC1)c1cncc(Br)c1. The molecule has 1 aromatic rings. The maximum absolute atomic E-state index is 12.0. The zero-order valence-corrected chi connectivity index (χ0v) is 13.0. The minimum atomic E-state index is -3.43. The van der Waals surface area contributed by atoms with E-state index in [1.165, 1.54) is 6.20 Å². The Morgan fingerprint density at radius 3 is 2.78 bits per heavy atom. The van der Waals surface area contributed by atoms with E-state index < -0.39 is 10.0 Å². The highest BCUT2D eigenvalue weighted by molar-refractivity contribution is 9.10. The van der Waals surface area contributed by atoms with Crippen LogP contribution in [0.15, 0.2) is 27.8 Å². The molecule has 1 saturated heterocycles. The molecule has 1 aromatic heterocycles. The molecule has 0 amide bonds. The third-order valence-electron chi connectivity index (χ3n) is 2.89. The van der Waals surface area contributed by atoms with Crippen LogP contribution in [0.25, 0.3) is 0 Å². The Morgan fingerprint density at radius 1 is 1.39 bits per heavy atom. The van der Waals surface area contributed by atoms with Crippen molar-refractivity contribution in [3.05, 3.63) is 22.9 Å².